The second-order valence-electron chi connectivity index (χ2n) is 6.52. The third kappa shape index (κ3) is 2.61. The molecule has 4 nitrogen and oxygen atoms in total. The molecule has 0 saturated heterocycles. The maximum Gasteiger partial charge on any atom is 0.140 e. The SMILES string of the molecule is Cc1cc(C)c(-c2ccc3ccc4ccc(NN)nc4c3n2)c(C)c1. The summed E-state index contributed by atoms with van der Waals surface area (Å²) in [5.41, 5.74) is 10.3. The van der Waals surface area contributed by atoms with Crippen LogP contribution in [0.25, 0.3) is 33.1 Å². The molecular weight excluding hydrogens is 308 g/mol. The van der Waals surface area contributed by atoms with E-state index >= 15 is 0 Å². The van der Waals surface area contributed by atoms with Crippen molar-refractivity contribution in [1.82, 2.24) is 9.97 Å². The number of nitrogens with one attached hydrogen (secondary N) is 1. The predicted molar refractivity (Wildman–Crippen MR) is 105 cm³/mol. The van der Waals surface area contributed by atoms with Crippen molar-refractivity contribution in [3.63, 3.8) is 0 Å². The predicted octanol–water partition coefficient (Wildman–Crippen LogP) is 4.66. The van der Waals surface area contributed by atoms with E-state index < -0.39 is 0 Å². The van der Waals surface area contributed by atoms with Crippen LogP contribution in [0.4, 0.5) is 5.82 Å². The number of hydrazine groups is 1. The van der Waals surface area contributed by atoms with Crippen molar-refractivity contribution in [2.24, 2.45) is 5.84 Å². The van der Waals surface area contributed by atoms with Gasteiger partial charge >= 0.3 is 0 Å². The molecule has 3 N–H and O–H groups in total. The molecule has 4 rings (SSSR count). The van der Waals surface area contributed by atoms with Crippen LogP contribution >= 0.6 is 0 Å². The van der Waals surface area contributed by atoms with Gasteiger partial charge in [-0.15, -0.1) is 0 Å². The lowest BCUT2D eigenvalue weighted by Crippen LogP contribution is -2.08. The maximum absolute atomic E-state index is 5.53. The molecule has 0 aliphatic heterocycles. The number of nitrogens with zero attached hydrogens (tertiary/aromatic N) is 2. The van der Waals surface area contributed by atoms with E-state index in [4.69, 9.17) is 10.8 Å². The van der Waals surface area contributed by atoms with Crippen LogP contribution in [0.3, 0.4) is 0 Å². The zero-order valence-corrected chi connectivity index (χ0v) is 14.6. The molecule has 0 bridgehead atoms. The number of hydrogen-bond acceptors (Lipinski definition) is 4. The largest absolute Gasteiger partial charge is 0.308 e. The Morgan fingerprint density at radius 2 is 1.32 bits per heavy atom. The average molecular weight is 328 g/mol. The zero-order chi connectivity index (χ0) is 17.6. The van der Waals surface area contributed by atoms with Gasteiger partial charge in [0.1, 0.15) is 5.82 Å². The van der Waals surface area contributed by atoms with Crippen molar-refractivity contribution >= 4 is 27.6 Å². The minimum atomic E-state index is 0.634. The zero-order valence-electron chi connectivity index (χ0n) is 14.6. The second kappa shape index (κ2) is 5.83. The summed E-state index contributed by atoms with van der Waals surface area (Å²) in [6, 6.07) is 16.6. The number of aryl methyl sites for hydroxylation is 3. The molecule has 0 amide bonds. The van der Waals surface area contributed by atoms with Crippen molar-refractivity contribution in [3.05, 3.63) is 65.2 Å². The molecule has 4 aromatic rings. The highest BCUT2D eigenvalue weighted by Crippen LogP contribution is 2.30. The van der Waals surface area contributed by atoms with E-state index in [1.165, 1.54) is 22.3 Å². The maximum atomic E-state index is 5.53. The smallest absolute Gasteiger partial charge is 0.140 e. The van der Waals surface area contributed by atoms with E-state index in [9.17, 15) is 0 Å². The fraction of sp³-hybridized carbons (Fsp3) is 0.143. The number of pyridine rings is 2. The summed E-state index contributed by atoms with van der Waals surface area (Å²) >= 11 is 0. The first kappa shape index (κ1) is 15.5. The summed E-state index contributed by atoms with van der Waals surface area (Å²) in [7, 11) is 0. The molecule has 0 aliphatic rings. The standard InChI is InChI=1S/C21H20N4/c1-12-10-13(2)19(14(3)11-12)17-8-6-15-4-5-16-7-9-18(25-22)24-21(16)20(15)23-17/h4-11H,22H2,1-3H3,(H,24,25). The topological polar surface area (TPSA) is 63.8 Å². The van der Waals surface area contributed by atoms with Crippen molar-refractivity contribution in [3.8, 4) is 11.3 Å². The molecule has 2 heterocycles. The first-order valence-corrected chi connectivity index (χ1v) is 8.32. The molecule has 0 atom stereocenters. The van der Waals surface area contributed by atoms with Gasteiger partial charge in [0, 0.05) is 16.3 Å². The van der Waals surface area contributed by atoms with Crippen molar-refractivity contribution < 1.29 is 0 Å². The van der Waals surface area contributed by atoms with E-state index in [-0.39, 0.29) is 0 Å². The van der Waals surface area contributed by atoms with Gasteiger partial charge in [-0.1, -0.05) is 35.9 Å². The monoisotopic (exact) mass is 328 g/mol. The van der Waals surface area contributed by atoms with Gasteiger partial charge in [0.05, 0.1) is 16.7 Å². The van der Waals surface area contributed by atoms with Gasteiger partial charge in [-0.3, -0.25) is 0 Å². The first-order valence-electron chi connectivity index (χ1n) is 8.32. The number of aromatic nitrogens is 2. The highest BCUT2D eigenvalue weighted by atomic mass is 15.2. The average Bonchev–Trinajstić information content (AvgIpc) is 2.60. The molecule has 0 saturated carbocycles. The molecule has 25 heavy (non-hydrogen) atoms. The van der Waals surface area contributed by atoms with Crippen molar-refractivity contribution in [2.75, 3.05) is 5.43 Å². The molecule has 2 aromatic heterocycles. The quantitative estimate of drug-likeness (QED) is 0.319. The van der Waals surface area contributed by atoms with E-state index in [1.54, 1.807) is 0 Å². The summed E-state index contributed by atoms with van der Waals surface area (Å²) in [6.45, 7) is 6.40. The van der Waals surface area contributed by atoms with Crippen molar-refractivity contribution in [2.45, 2.75) is 20.8 Å². The Kier molecular flexibility index (Phi) is 3.62. The Balaban J connectivity index is 2.03. The lowest BCUT2D eigenvalue weighted by atomic mass is 9.96. The Hall–Kier alpha value is -2.98. The van der Waals surface area contributed by atoms with Crippen LogP contribution in [0.1, 0.15) is 16.7 Å². The van der Waals surface area contributed by atoms with Gasteiger partial charge in [-0.2, -0.15) is 0 Å². The molecule has 0 fully saturated rings. The normalized spacial score (nSPS) is 11.2. The summed E-state index contributed by atoms with van der Waals surface area (Å²) in [5, 5.41) is 2.12. The molecule has 0 radical (unpaired) electrons. The van der Waals surface area contributed by atoms with Crippen LogP contribution in [0.5, 0.6) is 0 Å². The Morgan fingerprint density at radius 3 is 1.96 bits per heavy atom. The fourth-order valence-electron chi connectivity index (χ4n) is 3.57. The van der Waals surface area contributed by atoms with E-state index in [2.05, 4.69) is 67.6 Å². The van der Waals surface area contributed by atoms with E-state index in [0.29, 0.717) is 5.82 Å². The highest BCUT2D eigenvalue weighted by molar-refractivity contribution is 6.04. The number of anilines is 1. The number of fused-ring (bicyclic) bond motifs is 3. The van der Waals surface area contributed by atoms with Gasteiger partial charge in [0.2, 0.25) is 0 Å². The Labute approximate surface area is 146 Å². The lowest BCUT2D eigenvalue weighted by Gasteiger charge is -2.12. The number of benzene rings is 2. The van der Waals surface area contributed by atoms with Crippen LogP contribution in [0.2, 0.25) is 0 Å². The Bertz CT molecular complexity index is 1090. The van der Waals surface area contributed by atoms with Gasteiger partial charge < -0.3 is 5.43 Å². The van der Waals surface area contributed by atoms with E-state index in [1.807, 2.05) is 12.1 Å². The van der Waals surface area contributed by atoms with Gasteiger partial charge in [0.15, 0.2) is 0 Å². The van der Waals surface area contributed by atoms with Gasteiger partial charge in [-0.25, -0.2) is 15.8 Å². The third-order valence-electron chi connectivity index (χ3n) is 4.60. The molecule has 0 spiro atoms. The molecule has 2 aromatic carbocycles. The summed E-state index contributed by atoms with van der Waals surface area (Å²) in [6.07, 6.45) is 0. The molecule has 0 aliphatic carbocycles. The van der Waals surface area contributed by atoms with Crippen LogP contribution < -0.4 is 11.3 Å². The van der Waals surface area contributed by atoms with Crippen LogP contribution in [-0.2, 0) is 0 Å². The van der Waals surface area contributed by atoms with Gasteiger partial charge in [0.25, 0.3) is 0 Å². The minimum absolute atomic E-state index is 0.634. The molecular formula is C21H20N4. The molecule has 124 valence electrons. The minimum Gasteiger partial charge on any atom is -0.308 e. The number of nitrogen functional groups attached to an aromatic ring is 1. The fourth-order valence-corrected chi connectivity index (χ4v) is 3.57. The number of hydrogen-bond donors (Lipinski definition) is 2. The Morgan fingerprint density at radius 1 is 0.760 bits per heavy atom. The summed E-state index contributed by atoms with van der Waals surface area (Å²) in [5.74, 6) is 6.16. The number of nitrogens with two attached hydrogens (primary N) is 1. The summed E-state index contributed by atoms with van der Waals surface area (Å²) < 4.78 is 0. The summed E-state index contributed by atoms with van der Waals surface area (Å²) in [4.78, 5) is 9.59. The third-order valence-corrected chi connectivity index (χ3v) is 4.60. The van der Waals surface area contributed by atoms with Crippen LogP contribution in [0.15, 0.2) is 48.5 Å². The van der Waals surface area contributed by atoms with Crippen molar-refractivity contribution in [1.29, 1.82) is 0 Å². The van der Waals surface area contributed by atoms with Crippen LogP contribution in [-0.4, -0.2) is 9.97 Å². The molecule has 4 heteroatoms. The van der Waals surface area contributed by atoms with E-state index in [0.717, 1.165) is 27.5 Å². The van der Waals surface area contributed by atoms with Gasteiger partial charge in [-0.05, 0) is 50.1 Å². The second-order valence-corrected chi connectivity index (χ2v) is 6.52. The number of rotatable bonds is 2. The highest BCUT2D eigenvalue weighted by Gasteiger charge is 2.11. The molecule has 0 unspecified atom stereocenters. The lowest BCUT2D eigenvalue weighted by molar-refractivity contribution is 1.26. The van der Waals surface area contributed by atoms with Crippen LogP contribution in [0, 0.1) is 20.8 Å². The first-order chi connectivity index (χ1) is 12.1.